The summed E-state index contributed by atoms with van der Waals surface area (Å²) in [4.78, 5) is 49.4. The maximum Gasteiger partial charge on any atom is 0.253 e. The van der Waals surface area contributed by atoms with Crippen LogP contribution in [0.15, 0.2) is 73.8 Å². The van der Waals surface area contributed by atoms with Crippen molar-refractivity contribution in [3.05, 3.63) is 78.9 Å². The molecule has 2 aromatic carbocycles. The van der Waals surface area contributed by atoms with Crippen molar-refractivity contribution in [1.29, 1.82) is 0 Å². The molecule has 3 saturated heterocycles. The number of aliphatic hydroxyl groups excluding tert-OH is 1. The number of carbonyl (C=O) groups excluding carboxylic acids is 3. The van der Waals surface area contributed by atoms with E-state index in [0.29, 0.717) is 35.2 Å². The highest BCUT2D eigenvalue weighted by Crippen LogP contribution is 2.66. The summed E-state index contributed by atoms with van der Waals surface area (Å²) in [6.45, 7) is 17.9. The van der Waals surface area contributed by atoms with E-state index < -0.39 is 41.0 Å². The SMILES string of the molecule is C=CCN(C(=O)[C@@H]1[C@H]2C(=O)N([C@@H](CO)C(C)C)C(C(=O)N(CC=C)c3ccccc3Cl)C23CC(C)[C@@]1(C)O3)c1ccc(OCC)cc1. The lowest BCUT2D eigenvalue weighted by atomic mass is 9.62. The molecule has 252 valence electrons. The number of aliphatic hydroxyl groups is 1. The van der Waals surface area contributed by atoms with Gasteiger partial charge in [0.2, 0.25) is 11.8 Å². The van der Waals surface area contributed by atoms with Crippen LogP contribution in [0.2, 0.25) is 5.02 Å². The van der Waals surface area contributed by atoms with Crippen LogP contribution in [0, 0.1) is 23.7 Å². The monoisotopic (exact) mass is 663 g/mol. The largest absolute Gasteiger partial charge is 0.494 e. The number of hydrogen-bond acceptors (Lipinski definition) is 6. The van der Waals surface area contributed by atoms with Gasteiger partial charge in [-0.15, -0.1) is 13.2 Å². The van der Waals surface area contributed by atoms with Crippen molar-refractivity contribution >= 4 is 40.7 Å². The zero-order chi connectivity index (χ0) is 34.3. The second-order valence-electron chi connectivity index (χ2n) is 13.3. The Kier molecular flexibility index (Phi) is 9.92. The maximum atomic E-state index is 15.0. The molecule has 3 fully saturated rings. The van der Waals surface area contributed by atoms with E-state index in [1.54, 1.807) is 53.5 Å². The van der Waals surface area contributed by atoms with Crippen molar-refractivity contribution in [3.8, 4) is 5.75 Å². The fraction of sp³-hybridized carbons (Fsp3) is 0.486. The van der Waals surface area contributed by atoms with Crippen LogP contribution in [-0.4, -0.2) is 77.3 Å². The molecule has 0 radical (unpaired) electrons. The molecule has 3 amide bonds. The lowest BCUT2D eigenvalue weighted by Crippen LogP contribution is -2.60. The van der Waals surface area contributed by atoms with Gasteiger partial charge in [0.25, 0.3) is 5.91 Å². The van der Waals surface area contributed by atoms with Crippen LogP contribution in [0.25, 0.3) is 0 Å². The normalized spacial score (nSPS) is 28.3. The van der Waals surface area contributed by atoms with E-state index >= 15 is 0 Å². The van der Waals surface area contributed by atoms with Crippen LogP contribution in [0.4, 0.5) is 11.4 Å². The number of anilines is 2. The van der Waals surface area contributed by atoms with E-state index in [-0.39, 0.29) is 43.3 Å². The predicted molar refractivity (Wildman–Crippen MR) is 183 cm³/mol. The molecule has 3 aliphatic rings. The summed E-state index contributed by atoms with van der Waals surface area (Å²) in [5.74, 6) is -2.57. The van der Waals surface area contributed by atoms with E-state index in [1.165, 1.54) is 9.80 Å². The zero-order valence-electron chi connectivity index (χ0n) is 27.9. The first kappa shape index (κ1) is 34.7. The Morgan fingerprint density at radius 2 is 1.74 bits per heavy atom. The first-order chi connectivity index (χ1) is 22.4. The van der Waals surface area contributed by atoms with Crippen molar-refractivity contribution < 1.29 is 29.0 Å². The highest BCUT2D eigenvalue weighted by Gasteiger charge is 2.80. The fourth-order valence-electron chi connectivity index (χ4n) is 8.07. The van der Waals surface area contributed by atoms with E-state index in [0.717, 1.165) is 0 Å². The summed E-state index contributed by atoms with van der Waals surface area (Å²) in [7, 11) is 0. The van der Waals surface area contributed by atoms with Crippen LogP contribution in [0.3, 0.4) is 0 Å². The molecule has 9 nitrogen and oxygen atoms in total. The van der Waals surface area contributed by atoms with E-state index in [4.69, 9.17) is 21.1 Å². The standard InChI is InChI=1S/C37H46ClN3O6/c1-8-19-39(25-15-17-26(18-16-25)46-10-3)33(43)30-31-34(44)41(29(22-42)23(4)5)32(37(31)21-24(6)36(30,7)47-37)35(45)40(20-9-2)28-14-12-11-13-27(28)38/h8-9,11-18,23-24,29-32,42H,1-2,10,19-22H2,3-7H3/t24?,29-,30-,31-,32?,36+,37?/m0/s1. The fourth-order valence-corrected chi connectivity index (χ4v) is 8.31. The van der Waals surface area contributed by atoms with Gasteiger partial charge in [0.1, 0.15) is 17.4 Å². The van der Waals surface area contributed by atoms with E-state index in [9.17, 15) is 19.5 Å². The number of halogens is 1. The number of para-hydroxylation sites is 1. The minimum atomic E-state index is -1.32. The highest BCUT2D eigenvalue weighted by atomic mass is 35.5. The minimum absolute atomic E-state index is 0.132. The molecule has 0 aromatic heterocycles. The van der Waals surface area contributed by atoms with Crippen LogP contribution >= 0.6 is 11.6 Å². The van der Waals surface area contributed by atoms with Crippen molar-refractivity contribution in [3.63, 3.8) is 0 Å². The number of likely N-dealkylation sites (tertiary alicyclic amines) is 1. The quantitative estimate of drug-likeness (QED) is 0.284. The number of benzene rings is 2. The average Bonchev–Trinajstić information content (AvgIpc) is 3.56. The number of rotatable bonds is 13. The van der Waals surface area contributed by atoms with Crippen molar-refractivity contribution in [2.45, 2.75) is 64.3 Å². The summed E-state index contributed by atoms with van der Waals surface area (Å²) in [5.41, 5.74) is -1.24. The van der Waals surface area contributed by atoms with Gasteiger partial charge in [0, 0.05) is 18.8 Å². The summed E-state index contributed by atoms with van der Waals surface area (Å²) < 4.78 is 12.6. The third kappa shape index (κ3) is 5.56. The topological polar surface area (TPSA) is 99.6 Å². The minimum Gasteiger partial charge on any atom is -0.494 e. The maximum absolute atomic E-state index is 15.0. The van der Waals surface area contributed by atoms with Gasteiger partial charge in [0.15, 0.2) is 0 Å². The van der Waals surface area contributed by atoms with Gasteiger partial charge in [-0.2, -0.15) is 0 Å². The van der Waals surface area contributed by atoms with Crippen LogP contribution in [0.5, 0.6) is 5.75 Å². The van der Waals surface area contributed by atoms with Crippen molar-refractivity contribution in [2.75, 3.05) is 36.1 Å². The summed E-state index contributed by atoms with van der Waals surface area (Å²) in [5, 5.41) is 11.0. The Morgan fingerprint density at radius 1 is 1.11 bits per heavy atom. The van der Waals surface area contributed by atoms with Gasteiger partial charge in [0.05, 0.1) is 47.4 Å². The number of ether oxygens (including phenoxy) is 2. The molecule has 1 spiro atoms. The Labute approximate surface area is 282 Å². The molecule has 1 N–H and O–H groups in total. The molecule has 2 bridgehead atoms. The Morgan fingerprint density at radius 3 is 2.32 bits per heavy atom. The highest BCUT2D eigenvalue weighted by molar-refractivity contribution is 6.34. The lowest BCUT2D eigenvalue weighted by molar-refractivity contribution is -0.150. The Balaban J connectivity index is 1.65. The van der Waals surface area contributed by atoms with Crippen LogP contribution in [0.1, 0.15) is 41.0 Å². The van der Waals surface area contributed by atoms with Gasteiger partial charge in [-0.25, -0.2) is 0 Å². The molecule has 0 saturated carbocycles. The zero-order valence-corrected chi connectivity index (χ0v) is 28.7. The number of hydrogen-bond donors (Lipinski definition) is 1. The third-order valence-electron chi connectivity index (χ3n) is 10.3. The smallest absolute Gasteiger partial charge is 0.253 e. The first-order valence-electron chi connectivity index (χ1n) is 16.4. The lowest BCUT2D eigenvalue weighted by Gasteiger charge is -2.40. The predicted octanol–water partition coefficient (Wildman–Crippen LogP) is 5.50. The van der Waals surface area contributed by atoms with Crippen LogP contribution < -0.4 is 14.5 Å². The van der Waals surface area contributed by atoms with Gasteiger partial charge in [-0.1, -0.05) is 56.7 Å². The second kappa shape index (κ2) is 13.5. The van der Waals surface area contributed by atoms with Gasteiger partial charge >= 0.3 is 0 Å². The molecule has 2 aromatic rings. The average molecular weight is 664 g/mol. The number of nitrogens with zero attached hydrogens (tertiary/aromatic N) is 3. The molecule has 7 atom stereocenters. The van der Waals surface area contributed by atoms with Crippen molar-refractivity contribution in [1.82, 2.24) is 4.90 Å². The molecule has 10 heteroatoms. The molecule has 3 heterocycles. The first-order valence-corrected chi connectivity index (χ1v) is 16.7. The molecule has 5 rings (SSSR count). The van der Waals surface area contributed by atoms with Crippen molar-refractivity contribution in [2.24, 2.45) is 23.7 Å². The Bertz CT molecular complexity index is 1530. The third-order valence-corrected chi connectivity index (χ3v) is 10.6. The van der Waals surface area contributed by atoms with Crippen LogP contribution in [-0.2, 0) is 19.1 Å². The van der Waals surface area contributed by atoms with E-state index in [2.05, 4.69) is 13.2 Å². The molecule has 0 aliphatic carbocycles. The summed E-state index contributed by atoms with van der Waals surface area (Å²) in [6.07, 6.45) is 3.65. The Hall–Kier alpha value is -3.66. The molecule has 47 heavy (non-hydrogen) atoms. The number of carbonyl (C=O) groups is 3. The molecule has 3 aliphatic heterocycles. The number of amides is 3. The summed E-state index contributed by atoms with van der Waals surface area (Å²) in [6, 6.07) is 12.5. The number of fused-ring (bicyclic) bond motifs is 1. The molecular formula is C37H46ClN3O6. The van der Waals surface area contributed by atoms with Gasteiger partial charge in [-0.05, 0) is 68.5 Å². The van der Waals surface area contributed by atoms with E-state index in [1.807, 2.05) is 46.8 Å². The van der Waals surface area contributed by atoms with Gasteiger partial charge in [-0.3, -0.25) is 14.4 Å². The molecular weight excluding hydrogens is 618 g/mol. The second-order valence-corrected chi connectivity index (χ2v) is 13.7. The molecule has 3 unspecified atom stereocenters. The van der Waals surface area contributed by atoms with Gasteiger partial charge < -0.3 is 29.3 Å². The summed E-state index contributed by atoms with van der Waals surface area (Å²) >= 11 is 6.61.